The normalized spacial score (nSPS) is 12.2. The van der Waals surface area contributed by atoms with Crippen LogP contribution in [-0.2, 0) is 22.7 Å². The Kier molecular flexibility index (Phi) is 5.29. The minimum Gasteiger partial charge on any atom is -0.480 e. The number of rotatable bonds is 7. The van der Waals surface area contributed by atoms with Crippen LogP contribution < -0.4 is 5.32 Å². The van der Waals surface area contributed by atoms with Crippen LogP contribution in [-0.4, -0.2) is 18.2 Å². The average molecular weight is 291 g/mol. The number of methoxy groups -OCH3 is 1. The Hall–Kier alpha value is -1.69. The Balaban J connectivity index is 2.05. The number of carboxylic acids is 1. The van der Waals surface area contributed by atoms with Gasteiger partial charge >= 0.3 is 5.97 Å². The molecule has 2 N–H and O–H groups in total. The largest absolute Gasteiger partial charge is 0.480 e. The summed E-state index contributed by atoms with van der Waals surface area (Å²) in [5.74, 6) is -0.874. The van der Waals surface area contributed by atoms with Crippen LogP contribution in [0.15, 0.2) is 41.8 Å². The molecule has 0 fully saturated rings. The molecule has 4 nitrogen and oxygen atoms in total. The highest BCUT2D eigenvalue weighted by Gasteiger charge is 2.19. The highest BCUT2D eigenvalue weighted by Crippen LogP contribution is 2.17. The third-order valence-electron chi connectivity index (χ3n) is 2.93. The zero-order valence-electron chi connectivity index (χ0n) is 11.2. The number of carbonyl (C=O) groups is 1. The molecule has 0 aliphatic heterocycles. The first-order chi connectivity index (χ1) is 9.70. The van der Waals surface area contributed by atoms with Crippen LogP contribution in [0, 0.1) is 0 Å². The molecule has 0 aliphatic carbocycles. The number of benzene rings is 1. The van der Waals surface area contributed by atoms with Crippen molar-refractivity contribution < 1.29 is 14.6 Å². The molecular formula is C15H17NO3S. The Bertz CT molecular complexity index is 537. The Morgan fingerprint density at radius 1 is 1.35 bits per heavy atom. The molecule has 1 atom stereocenters. The molecule has 0 bridgehead atoms. The van der Waals surface area contributed by atoms with Gasteiger partial charge in [0, 0.05) is 18.5 Å². The number of thiophene rings is 1. The van der Waals surface area contributed by atoms with E-state index >= 15 is 0 Å². The maximum Gasteiger partial charge on any atom is 0.325 e. The molecule has 0 amide bonds. The first-order valence-electron chi connectivity index (χ1n) is 6.27. The van der Waals surface area contributed by atoms with Crippen LogP contribution in [0.3, 0.4) is 0 Å². The number of ether oxygens (including phenoxy) is 1. The standard InChI is InChI=1S/C15H17NO3S/c1-19-10-11-4-6-12(7-5-11)14(15(17)18)16-9-13-3-2-8-20-13/h2-8,14,16H,9-10H2,1H3,(H,17,18). The number of carboxylic acid groups (broad SMARTS) is 1. The summed E-state index contributed by atoms with van der Waals surface area (Å²) in [6.45, 7) is 1.08. The highest BCUT2D eigenvalue weighted by molar-refractivity contribution is 7.09. The number of nitrogens with one attached hydrogen (secondary N) is 1. The van der Waals surface area contributed by atoms with Crippen molar-refractivity contribution in [3.8, 4) is 0 Å². The van der Waals surface area contributed by atoms with Crippen molar-refractivity contribution in [1.29, 1.82) is 0 Å². The van der Waals surface area contributed by atoms with Gasteiger partial charge < -0.3 is 9.84 Å². The Morgan fingerprint density at radius 3 is 2.65 bits per heavy atom. The number of hydrogen-bond acceptors (Lipinski definition) is 4. The quantitative estimate of drug-likeness (QED) is 0.823. The van der Waals surface area contributed by atoms with E-state index in [4.69, 9.17) is 4.74 Å². The minimum absolute atomic E-state index is 0.528. The lowest BCUT2D eigenvalue weighted by Crippen LogP contribution is -2.27. The number of aliphatic carboxylic acids is 1. The van der Waals surface area contributed by atoms with E-state index in [1.54, 1.807) is 18.4 Å². The molecule has 2 rings (SSSR count). The summed E-state index contributed by atoms with van der Waals surface area (Å²) in [6, 6.07) is 10.7. The zero-order chi connectivity index (χ0) is 14.4. The molecule has 0 saturated heterocycles. The molecular weight excluding hydrogens is 274 g/mol. The summed E-state index contributed by atoms with van der Waals surface area (Å²) in [5, 5.41) is 14.4. The fraction of sp³-hybridized carbons (Fsp3) is 0.267. The maximum atomic E-state index is 11.4. The SMILES string of the molecule is COCc1ccc(C(NCc2cccs2)C(=O)O)cc1. The fourth-order valence-corrected chi connectivity index (χ4v) is 2.59. The summed E-state index contributed by atoms with van der Waals surface area (Å²) in [6.07, 6.45) is 0. The van der Waals surface area contributed by atoms with Crippen LogP contribution in [0.5, 0.6) is 0 Å². The Labute approximate surface area is 122 Å². The molecule has 0 radical (unpaired) electrons. The predicted octanol–water partition coefficient (Wildman–Crippen LogP) is 2.81. The highest BCUT2D eigenvalue weighted by atomic mass is 32.1. The first-order valence-corrected chi connectivity index (χ1v) is 7.15. The molecule has 0 spiro atoms. The van der Waals surface area contributed by atoms with Gasteiger partial charge in [-0.15, -0.1) is 11.3 Å². The van der Waals surface area contributed by atoms with Gasteiger partial charge in [0.05, 0.1) is 6.61 Å². The lowest BCUT2D eigenvalue weighted by molar-refractivity contribution is -0.139. The first kappa shape index (κ1) is 14.7. The van der Waals surface area contributed by atoms with E-state index in [0.29, 0.717) is 13.2 Å². The van der Waals surface area contributed by atoms with Gasteiger partial charge in [-0.2, -0.15) is 0 Å². The average Bonchev–Trinajstić information content (AvgIpc) is 2.94. The van der Waals surface area contributed by atoms with Crippen LogP contribution in [0.25, 0.3) is 0 Å². The molecule has 5 heteroatoms. The van der Waals surface area contributed by atoms with Gasteiger partial charge in [-0.3, -0.25) is 10.1 Å². The summed E-state index contributed by atoms with van der Waals surface area (Å²) >= 11 is 1.61. The van der Waals surface area contributed by atoms with Gasteiger partial charge in [-0.1, -0.05) is 30.3 Å². The topological polar surface area (TPSA) is 58.6 Å². The van der Waals surface area contributed by atoms with Gasteiger partial charge in [0.1, 0.15) is 6.04 Å². The van der Waals surface area contributed by atoms with Crippen molar-refractivity contribution in [3.05, 3.63) is 57.8 Å². The van der Waals surface area contributed by atoms with Gasteiger partial charge in [0.25, 0.3) is 0 Å². The van der Waals surface area contributed by atoms with Crippen molar-refractivity contribution in [1.82, 2.24) is 5.32 Å². The van der Waals surface area contributed by atoms with E-state index in [0.717, 1.165) is 16.0 Å². The monoisotopic (exact) mass is 291 g/mol. The van der Waals surface area contributed by atoms with Crippen molar-refractivity contribution in [3.63, 3.8) is 0 Å². The third-order valence-corrected chi connectivity index (χ3v) is 3.81. The van der Waals surface area contributed by atoms with Crippen molar-refractivity contribution in [2.75, 3.05) is 7.11 Å². The molecule has 2 aromatic rings. The van der Waals surface area contributed by atoms with Crippen LogP contribution in [0.2, 0.25) is 0 Å². The second-order valence-electron chi connectivity index (χ2n) is 4.41. The summed E-state index contributed by atoms with van der Waals surface area (Å²) < 4.78 is 5.04. The fourth-order valence-electron chi connectivity index (χ4n) is 1.94. The minimum atomic E-state index is -0.874. The van der Waals surface area contributed by atoms with Crippen LogP contribution in [0.4, 0.5) is 0 Å². The van der Waals surface area contributed by atoms with Crippen molar-refractivity contribution >= 4 is 17.3 Å². The van der Waals surface area contributed by atoms with E-state index in [1.165, 1.54) is 0 Å². The third kappa shape index (κ3) is 3.90. The molecule has 1 unspecified atom stereocenters. The van der Waals surface area contributed by atoms with Gasteiger partial charge in [-0.05, 0) is 22.6 Å². The van der Waals surface area contributed by atoms with Crippen molar-refractivity contribution in [2.45, 2.75) is 19.2 Å². The lowest BCUT2D eigenvalue weighted by atomic mass is 10.0. The van der Waals surface area contributed by atoms with Gasteiger partial charge in [-0.25, -0.2) is 0 Å². The Morgan fingerprint density at radius 2 is 2.10 bits per heavy atom. The molecule has 0 saturated carbocycles. The summed E-state index contributed by atoms with van der Waals surface area (Å²) in [7, 11) is 1.64. The van der Waals surface area contributed by atoms with Gasteiger partial charge in [0.15, 0.2) is 0 Å². The second kappa shape index (κ2) is 7.19. The lowest BCUT2D eigenvalue weighted by Gasteiger charge is -2.14. The van der Waals surface area contributed by atoms with Gasteiger partial charge in [0.2, 0.25) is 0 Å². The summed E-state index contributed by atoms with van der Waals surface area (Å²) in [5.41, 5.74) is 1.77. The van der Waals surface area contributed by atoms with E-state index in [1.807, 2.05) is 41.8 Å². The van der Waals surface area contributed by atoms with Crippen molar-refractivity contribution in [2.24, 2.45) is 0 Å². The van der Waals surface area contributed by atoms with E-state index in [9.17, 15) is 9.90 Å². The predicted molar refractivity (Wildman–Crippen MR) is 78.7 cm³/mol. The van der Waals surface area contributed by atoms with E-state index < -0.39 is 12.0 Å². The number of hydrogen-bond donors (Lipinski definition) is 2. The molecule has 106 valence electrons. The molecule has 1 heterocycles. The van der Waals surface area contributed by atoms with Crippen LogP contribution in [0.1, 0.15) is 22.0 Å². The smallest absolute Gasteiger partial charge is 0.325 e. The van der Waals surface area contributed by atoms with E-state index in [2.05, 4.69) is 5.32 Å². The second-order valence-corrected chi connectivity index (χ2v) is 5.44. The molecule has 20 heavy (non-hydrogen) atoms. The molecule has 0 aliphatic rings. The summed E-state index contributed by atoms with van der Waals surface area (Å²) in [4.78, 5) is 12.5. The van der Waals surface area contributed by atoms with Crippen LogP contribution >= 0.6 is 11.3 Å². The van der Waals surface area contributed by atoms with E-state index in [-0.39, 0.29) is 0 Å². The zero-order valence-corrected chi connectivity index (χ0v) is 12.0. The molecule has 1 aromatic carbocycles. The molecule has 1 aromatic heterocycles. The maximum absolute atomic E-state index is 11.4.